The summed E-state index contributed by atoms with van der Waals surface area (Å²) >= 11 is 0. The molecule has 1 atom stereocenters. The Morgan fingerprint density at radius 2 is 2.15 bits per heavy atom. The normalized spacial score (nSPS) is 19.9. The van der Waals surface area contributed by atoms with Gasteiger partial charge in [-0.1, -0.05) is 0 Å². The minimum absolute atomic E-state index is 0.0186. The molecule has 0 bridgehead atoms. The third kappa shape index (κ3) is 2.99. The molecule has 2 aliphatic rings. The van der Waals surface area contributed by atoms with E-state index in [0.717, 1.165) is 18.9 Å². The molecule has 4 rings (SSSR count). The smallest absolute Gasteiger partial charge is 0.341 e. The number of carboxylic acid groups (broad SMARTS) is 1. The predicted molar refractivity (Wildman–Crippen MR) is 101 cm³/mol. The predicted octanol–water partition coefficient (Wildman–Crippen LogP) is 1.85. The number of aromatic nitrogens is 1. The van der Waals surface area contributed by atoms with E-state index in [9.17, 15) is 19.1 Å². The van der Waals surface area contributed by atoms with Crippen LogP contribution in [0, 0.1) is 17.1 Å². The number of benzene rings is 1. The van der Waals surface area contributed by atoms with Crippen molar-refractivity contribution in [2.24, 2.45) is 5.92 Å². The summed E-state index contributed by atoms with van der Waals surface area (Å²) in [4.78, 5) is 25.7. The molecule has 8 heteroatoms. The highest BCUT2D eigenvalue weighted by Crippen LogP contribution is 2.38. The van der Waals surface area contributed by atoms with Crippen molar-refractivity contribution < 1.29 is 14.3 Å². The zero-order valence-corrected chi connectivity index (χ0v) is 15.0. The molecule has 1 saturated heterocycles. The first kappa shape index (κ1) is 17.7. The maximum absolute atomic E-state index is 14.8. The number of anilines is 1. The Morgan fingerprint density at radius 1 is 1.41 bits per heavy atom. The number of aromatic carboxylic acids is 1. The molecule has 2 fully saturated rings. The van der Waals surface area contributed by atoms with Crippen LogP contribution in [0.5, 0.6) is 0 Å². The molecule has 0 radical (unpaired) electrons. The number of hydrogen-bond donors (Lipinski definition) is 3. The molecule has 0 amide bonds. The molecule has 1 aromatic carbocycles. The maximum Gasteiger partial charge on any atom is 0.341 e. The van der Waals surface area contributed by atoms with E-state index in [4.69, 9.17) is 5.41 Å². The SMILES string of the molecule is CNCC1CN(c2cc3c(cc2F)c(=O)c(C(=O)O)cn3C2CC2)CC1=N. The van der Waals surface area contributed by atoms with E-state index in [1.54, 1.807) is 10.6 Å². The summed E-state index contributed by atoms with van der Waals surface area (Å²) in [6, 6.07) is 2.91. The summed E-state index contributed by atoms with van der Waals surface area (Å²) in [5.41, 5.74) is 0.445. The van der Waals surface area contributed by atoms with Gasteiger partial charge in [-0.05, 0) is 32.0 Å². The van der Waals surface area contributed by atoms with E-state index in [1.807, 2.05) is 11.9 Å². The average molecular weight is 372 g/mol. The van der Waals surface area contributed by atoms with Crippen molar-refractivity contribution in [3.63, 3.8) is 0 Å². The van der Waals surface area contributed by atoms with E-state index in [-0.39, 0.29) is 22.9 Å². The highest BCUT2D eigenvalue weighted by molar-refractivity contribution is 5.95. The first-order valence-electron chi connectivity index (χ1n) is 8.99. The molecule has 142 valence electrons. The van der Waals surface area contributed by atoms with E-state index in [0.29, 0.717) is 36.6 Å². The Bertz CT molecular complexity index is 1010. The number of carbonyl (C=O) groups is 1. The molecule has 1 saturated carbocycles. The number of rotatable bonds is 5. The second kappa shape index (κ2) is 6.45. The number of pyridine rings is 1. The van der Waals surface area contributed by atoms with Gasteiger partial charge in [0.1, 0.15) is 11.4 Å². The third-order valence-corrected chi connectivity index (χ3v) is 5.36. The quantitative estimate of drug-likeness (QED) is 0.744. The largest absolute Gasteiger partial charge is 0.477 e. The van der Waals surface area contributed by atoms with Gasteiger partial charge in [-0.3, -0.25) is 4.79 Å². The molecule has 1 aromatic heterocycles. The third-order valence-electron chi connectivity index (χ3n) is 5.36. The lowest BCUT2D eigenvalue weighted by atomic mass is 10.1. The van der Waals surface area contributed by atoms with Crippen LogP contribution in [0.2, 0.25) is 0 Å². The Hall–Kier alpha value is -2.74. The Balaban J connectivity index is 1.85. The molecule has 3 N–H and O–H groups in total. The van der Waals surface area contributed by atoms with Crippen LogP contribution >= 0.6 is 0 Å². The standard InChI is InChI=1S/C19H21FN4O3/c1-22-6-10-7-23(9-15(10)21)17-5-16-12(4-14(17)20)18(25)13(19(26)27)8-24(16)11-2-3-11/h4-5,8,10-11,21-22H,2-3,6-7,9H2,1H3,(H,26,27). The number of hydrogen-bond acceptors (Lipinski definition) is 5. The molecule has 2 aromatic rings. The fourth-order valence-electron chi connectivity index (χ4n) is 3.80. The molecule has 2 heterocycles. The number of carboxylic acids is 1. The molecule has 27 heavy (non-hydrogen) atoms. The lowest BCUT2D eigenvalue weighted by Gasteiger charge is -2.21. The van der Waals surface area contributed by atoms with Gasteiger partial charge in [-0.25, -0.2) is 9.18 Å². The summed E-state index contributed by atoms with van der Waals surface area (Å²) < 4.78 is 16.6. The van der Waals surface area contributed by atoms with Crippen LogP contribution in [-0.4, -0.2) is 48.0 Å². The van der Waals surface area contributed by atoms with Crippen LogP contribution in [0.4, 0.5) is 10.1 Å². The van der Waals surface area contributed by atoms with Gasteiger partial charge in [0.05, 0.1) is 17.7 Å². The van der Waals surface area contributed by atoms with Crippen molar-refractivity contribution in [1.29, 1.82) is 5.41 Å². The monoisotopic (exact) mass is 372 g/mol. The zero-order chi connectivity index (χ0) is 19.3. The Morgan fingerprint density at radius 3 is 2.78 bits per heavy atom. The Kier molecular flexibility index (Phi) is 4.22. The van der Waals surface area contributed by atoms with E-state index in [2.05, 4.69) is 5.32 Å². The van der Waals surface area contributed by atoms with Crippen molar-refractivity contribution in [1.82, 2.24) is 9.88 Å². The van der Waals surface area contributed by atoms with Crippen molar-refractivity contribution in [2.75, 3.05) is 31.6 Å². The fourth-order valence-corrected chi connectivity index (χ4v) is 3.80. The summed E-state index contributed by atoms with van der Waals surface area (Å²) in [7, 11) is 1.82. The maximum atomic E-state index is 14.8. The first-order chi connectivity index (χ1) is 12.9. The minimum atomic E-state index is -1.30. The second-order valence-corrected chi connectivity index (χ2v) is 7.30. The summed E-state index contributed by atoms with van der Waals surface area (Å²) in [5, 5.41) is 20.6. The average Bonchev–Trinajstić information content (AvgIpc) is 3.39. The summed E-state index contributed by atoms with van der Waals surface area (Å²) in [5.74, 6) is -1.85. The molecule has 7 nitrogen and oxygen atoms in total. The van der Waals surface area contributed by atoms with Gasteiger partial charge in [-0.15, -0.1) is 0 Å². The fraction of sp³-hybridized carbons (Fsp3) is 0.421. The van der Waals surface area contributed by atoms with Crippen molar-refractivity contribution in [3.05, 3.63) is 39.9 Å². The van der Waals surface area contributed by atoms with Crippen molar-refractivity contribution in [3.8, 4) is 0 Å². The second-order valence-electron chi connectivity index (χ2n) is 7.30. The Labute approximate surface area is 154 Å². The number of nitrogens with one attached hydrogen (secondary N) is 2. The lowest BCUT2D eigenvalue weighted by Crippen LogP contribution is -2.26. The lowest BCUT2D eigenvalue weighted by molar-refractivity contribution is 0.0695. The molecule has 0 spiro atoms. The van der Waals surface area contributed by atoms with Gasteiger partial charge >= 0.3 is 5.97 Å². The van der Waals surface area contributed by atoms with Gasteiger partial charge in [-0.2, -0.15) is 0 Å². The molecule has 1 aliphatic heterocycles. The van der Waals surface area contributed by atoms with Crippen LogP contribution in [0.25, 0.3) is 10.9 Å². The zero-order valence-electron chi connectivity index (χ0n) is 15.0. The van der Waals surface area contributed by atoms with E-state index in [1.165, 1.54) is 6.20 Å². The molecule has 1 aliphatic carbocycles. The van der Waals surface area contributed by atoms with Crippen molar-refractivity contribution >= 4 is 28.3 Å². The minimum Gasteiger partial charge on any atom is -0.477 e. The van der Waals surface area contributed by atoms with Crippen LogP contribution in [0.1, 0.15) is 29.2 Å². The molecule has 1 unspecified atom stereocenters. The highest BCUT2D eigenvalue weighted by atomic mass is 19.1. The van der Waals surface area contributed by atoms with Crippen LogP contribution in [0.15, 0.2) is 23.1 Å². The topological polar surface area (TPSA) is 98.4 Å². The van der Waals surface area contributed by atoms with Gasteiger partial charge in [0, 0.05) is 42.3 Å². The summed E-state index contributed by atoms with van der Waals surface area (Å²) in [6.07, 6.45) is 3.19. The van der Waals surface area contributed by atoms with Gasteiger partial charge in [0.2, 0.25) is 5.43 Å². The van der Waals surface area contributed by atoms with E-state index < -0.39 is 17.2 Å². The van der Waals surface area contributed by atoms with Gasteiger partial charge in [0.15, 0.2) is 0 Å². The number of fused-ring (bicyclic) bond motifs is 1. The van der Waals surface area contributed by atoms with E-state index >= 15 is 0 Å². The van der Waals surface area contributed by atoms with Crippen LogP contribution in [0.3, 0.4) is 0 Å². The number of halogens is 1. The van der Waals surface area contributed by atoms with Crippen LogP contribution < -0.4 is 15.6 Å². The number of nitrogens with zero attached hydrogens (tertiary/aromatic N) is 2. The van der Waals surface area contributed by atoms with Crippen molar-refractivity contribution in [2.45, 2.75) is 18.9 Å². The summed E-state index contributed by atoms with van der Waals surface area (Å²) in [6.45, 7) is 1.53. The first-order valence-corrected chi connectivity index (χ1v) is 8.99. The highest BCUT2D eigenvalue weighted by Gasteiger charge is 2.31. The molecular formula is C19H21FN4O3. The molecular weight excluding hydrogens is 351 g/mol. The van der Waals surface area contributed by atoms with Gasteiger partial charge in [0.25, 0.3) is 0 Å². The van der Waals surface area contributed by atoms with Gasteiger partial charge < -0.3 is 25.3 Å². The van der Waals surface area contributed by atoms with Crippen LogP contribution in [-0.2, 0) is 0 Å².